The molecule has 1 aromatic rings. The summed E-state index contributed by atoms with van der Waals surface area (Å²) in [6.45, 7) is 1.41. The van der Waals surface area contributed by atoms with E-state index in [1.807, 2.05) is 0 Å². The first-order valence-electron chi connectivity index (χ1n) is 4.64. The summed E-state index contributed by atoms with van der Waals surface area (Å²) < 4.78 is 22.3. The second kappa shape index (κ2) is 5.35. The third kappa shape index (κ3) is 4.00. The molecule has 0 bridgehead atoms. The molecule has 0 saturated carbocycles. The number of nitro benzene ring substituents is 1. The van der Waals surface area contributed by atoms with Crippen molar-refractivity contribution in [3.63, 3.8) is 0 Å². The lowest BCUT2D eigenvalue weighted by Gasteiger charge is -1.99. The van der Waals surface area contributed by atoms with Gasteiger partial charge in [-0.05, 0) is 13.0 Å². The van der Waals surface area contributed by atoms with Crippen LogP contribution in [0.25, 0.3) is 0 Å². The van der Waals surface area contributed by atoms with E-state index >= 15 is 0 Å². The Hall–Kier alpha value is -1.62. The first-order valence-corrected chi connectivity index (χ1v) is 6.95. The summed E-state index contributed by atoms with van der Waals surface area (Å²) in [5, 5.41) is 19.6. The van der Waals surface area contributed by atoms with E-state index in [9.17, 15) is 18.5 Å². The van der Waals surface area contributed by atoms with Crippen LogP contribution in [0.3, 0.4) is 0 Å². The number of hydrogen-bond acceptors (Lipinski definition) is 5. The van der Waals surface area contributed by atoms with Crippen molar-refractivity contribution < 1.29 is 18.4 Å². The molecular weight excluding hydrogens is 282 g/mol. The Morgan fingerprint density at radius 3 is 2.50 bits per heavy atom. The van der Waals surface area contributed by atoms with Gasteiger partial charge in [-0.15, -0.1) is 0 Å². The summed E-state index contributed by atoms with van der Waals surface area (Å²) in [5.41, 5.74) is -0.351. The van der Waals surface area contributed by atoms with Crippen molar-refractivity contribution in [2.75, 3.05) is 0 Å². The molecule has 0 amide bonds. The fourth-order valence-electron chi connectivity index (χ4n) is 1.09. The molecule has 0 aliphatic rings. The van der Waals surface area contributed by atoms with Crippen molar-refractivity contribution in [3.05, 3.63) is 33.9 Å². The van der Waals surface area contributed by atoms with Crippen molar-refractivity contribution in [2.24, 2.45) is 0 Å². The van der Waals surface area contributed by atoms with Crippen molar-refractivity contribution in [3.8, 4) is 11.8 Å². The minimum atomic E-state index is -4.08. The van der Waals surface area contributed by atoms with Gasteiger partial charge in [-0.3, -0.25) is 10.1 Å². The third-order valence-corrected chi connectivity index (χ3v) is 3.14. The molecule has 96 valence electrons. The fraction of sp³-hybridized carbons (Fsp3) is 0.200. The van der Waals surface area contributed by atoms with E-state index < -0.39 is 30.7 Å². The van der Waals surface area contributed by atoms with Crippen molar-refractivity contribution >= 4 is 25.4 Å². The van der Waals surface area contributed by atoms with Crippen LogP contribution < -0.4 is 0 Å². The monoisotopic (exact) mass is 289 g/mol. The normalized spacial score (nSPS) is 12.4. The number of nitrogens with zero attached hydrogens (tertiary/aromatic N) is 1. The van der Waals surface area contributed by atoms with E-state index in [-0.39, 0.29) is 5.56 Å². The Bertz CT molecular complexity index is 642. The lowest BCUT2D eigenvalue weighted by Crippen LogP contribution is -1.97. The van der Waals surface area contributed by atoms with Crippen LogP contribution in [0.2, 0.25) is 0 Å². The van der Waals surface area contributed by atoms with Gasteiger partial charge in [0, 0.05) is 28.4 Å². The second-order valence-electron chi connectivity index (χ2n) is 3.36. The van der Waals surface area contributed by atoms with Gasteiger partial charge >= 0.3 is 0 Å². The molecular formula is C10H8ClNO5S. The molecule has 0 aliphatic carbocycles. The van der Waals surface area contributed by atoms with Crippen molar-refractivity contribution in [2.45, 2.75) is 17.9 Å². The maximum atomic E-state index is 11.1. The average Bonchev–Trinajstić information content (AvgIpc) is 2.24. The Morgan fingerprint density at radius 1 is 1.44 bits per heavy atom. The Balaban J connectivity index is 3.42. The topological polar surface area (TPSA) is 97.5 Å². The number of non-ortho nitro benzene ring substituents is 1. The molecule has 0 fully saturated rings. The summed E-state index contributed by atoms with van der Waals surface area (Å²) in [6.07, 6.45) is -0.930. The van der Waals surface area contributed by atoms with Gasteiger partial charge in [0.25, 0.3) is 14.7 Å². The molecule has 8 heteroatoms. The highest BCUT2D eigenvalue weighted by Gasteiger charge is 2.16. The molecule has 0 unspecified atom stereocenters. The standard InChI is InChI=1S/C10H8ClNO5S/c1-7(13)2-3-8-4-9(12(14)15)6-10(5-8)18(11,16)17/h4-7,13H,1H3/t7-/m0/s1. The lowest BCUT2D eigenvalue weighted by atomic mass is 10.2. The van der Waals surface area contributed by atoms with Gasteiger partial charge in [-0.1, -0.05) is 11.8 Å². The highest BCUT2D eigenvalue weighted by molar-refractivity contribution is 8.13. The number of nitro groups is 1. The molecule has 1 rings (SSSR count). The van der Waals surface area contributed by atoms with Gasteiger partial charge in [0.05, 0.1) is 9.82 Å². The predicted octanol–water partition coefficient (Wildman–Crippen LogP) is 1.25. The zero-order chi connectivity index (χ0) is 13.9. The maximum absolute atomic E-state index is 11.1. The Kier molecular flexibility index (Phi) is 4.29. The third-order valence-electron chi connectivity index (χ3n) is 1.81. The number of halogens is 1. The molecule has 18 heavy (non-hydrogen) atoms. The lowest BCUT2D eigenvalue weighted by molar-refractivity contribution is -0.385. The summed E-state index contributed by atoms with van der Waals surface area (Å²) in [7, 11) is 1.04. The number of benzene rings is 1. The number of aliphatic hydroxyl groups is 1. The van der Waals surface area contributed by atoms with Gasteiger partial charge in [0.1, 0.15) is 6.10 Å². The van der Waals surface area contributed by atoms with Gasteiger partial charge in [0.15, 0.2) is 0 Å². The molecule has 0 saturated heterocycles. The first-order chi connectivity index (χ1) is 8.20. The summed E-state index contributed by atoms with van der Waals surface area (Å²) in [6, 6.07) is 3.04. The average molecular weight is 290 g/mol. The van der Waals surface area contributed by atoms with Crippen molar-refractivity contribution in [1.82, 2.24) is 0 Å². The molecule has 1 N–H and O–H groups in total. The van der Waals surface area contributed by atoms with Crippen LogP contribution in [0.1, 0.15) is 12.5 Å². The molecule has 0 aliphatic heterocycles. The smallest absolute Gasteiger partial charge is 0.272 e. The summed E-state index contributed by atoms with van der Waals surface area (Å²) >= 11 is 0. The number of hydrogen-bond donors (Lipinski definition) is 1. The summed E-state index contributed by atoms with van der Waals surface area (Å²) in [4.78, 5) is 9.48. The largest absolute Gasteiger partial charge is 0.381 e. The molecule has 0 radical (unpaired) electrons. The SMILES string of the molecule is C[C@H](O)C#Cc1cc([N+](=O)[O-])cc(S(=O)(=O)Cl)c1. The van der Waals surface area contributed by atoms with E-state index in [0.29, 0.717) is 0 Å². The quantitative estimate of drug-likeness (QED) is 0.382. The van der Waals surface area contributed by atoms with Crippen LogP contribution in [0.5, 0.6) is 0 Å². The van der Waals surface area contributed by atoms with E-state index in [4.69, 9.17) is 15.8 Å². The highest BCUT2D eigenvalue weighted by Crippen LogP contribution is 2.23. The maximum Gasteiger partial charge on any atom is 0.272 e. The fourth-order valence-corrected chi connectivity index (χ4v) is 1.89. The van der Waals surface area contributed by atoms with Gasteiger partial charge in [-0.2, -0.15) is 0 Å². The van der Waals surface area contributed by atoms with Gasteiger partial charge in [-0.25, -0.2) is 8.42 Å². The second-order valence-corrected chi connectivity index (χ2v) is 5.92. The van der Waals surface area contributed by atoms with E-state index in [1.54, 1.807) is 0 Å². The van der Waals surface area contributed by atoms with Crippen LogP contribution in [0, 0.1) is 22.0 Å². The minimum absolute atomic E-state index is 0.0873. The predicted molar refractivity (Wildman–Crippen MR) is 64.7 cm³/mol. The molecule has 0 spiro atoms. The van der Waals surface area contributed by atoms with E-state index in [0.717, 1.165) is 18.2 Å². The summed E-state index contributed by atoms with van der Waals surface area (Å²) in [5.74, 6) is 4.78. The minimum Gasteiger partial charge on any atom is -0.381 e. The molecule has 1 atom stereocenters. The Morgan fingerprint density at radius 2 is 2.06 bits per heavy atom. The first kappa shape index (κ1) is 14.4. The molecule has 1 aromatic carbocycles. The molecule has 0 aromatic heterocycles. The molecule has 6 nitrogen and oxygen atoms in total. The molecule has 0 heterocycles. The van der Waals surface area contributed by atoms with Crippen LogP contribution in [0.4, 0.5) is 5.69 Å². The Labute approximate surface area is 108 Å². The highest BCUT2D eigenvalue weighted by atomic mass is 35.7. The van der Waals surface area contributed by atoms with Crippen LogP contribution in [-0.4, -0.2) is 24.6 Å². The van der Waals surface area contributed by atoms with E-state index in [2.05, 4.69) is 11.8 Å². The zero-order valence-corrected chi connectivity index (χ0v) is 10.7. The van der Waals surface area contributed by atoms with Crippen LogP contribution in [-0.2, 0) is 9.05 Å². The number of rotatable bonds is 2. The van der Waals surface area contributed by atoms with Crippen LogP contribution in [0.15, 0.2) is 23.1 Å². The van der Waals surface area contributed by atoms with Crippen LogP contribution >= 0.6 is 10.7 Å². The zero-order valence-electron chi connectivity index (χ0n) is 9.12. The van der Waals surface area contributed by atoms with Gasteiger partial charge in [0.2, 0.25) is 0 Å². The number of aliphatic hydroxyl groups excluding tert-OH is 1. The van der Waals surface area contributed by atoms with E-state index in [1.165, 1.54) is 6.92 Å². The van der Waals surface area contributed by atoms with Crippen molar-refractivity contribution in [1.29, 1.82) is 0 Å². The van der Waals surface area contributed by atoms with Gasteiger partial charge < -0.3 is 5.11 Å².